The lowest BCUT2D eigenvalue weighted by molar-refractivity contribution is -0.144. The average molecular weight is 360 g/mol. The maximum absolute atomic E-state index is 11.9. The third-order valence-corrected chi connectivity index (χ3v) is 3.44. The Morgan fingerprint density at radius 3 is 2.68 bits per heavy atom. The fourth-order valence-electron chi connectivity index (χ4n) is 1.97. The predicted molar refractivity (Wildman–Crippen MR) is 89.8 cm³/mol. The Morgan fingerprint density at radius 2 is 1.96 bits per heavy atom. The molecule has 2 heterocycles. The molecule has 3 rings (SSSR count). The molecule has 0 aliphatic rings. The summed E-state index contributed by atoms with van der Waals surface area (Å²) in [6.07, 6.45) is 3.20. The van der Waals surface area contributed by atoms with Crippen molar-refractivity contribution >= 4 is 23.5 Å². The Morgan fingerprint density at radius 1 is 1.24 bits per heavy atom. The lowest BCUT2D eigenvalue weighted by Crippen LogP contribution is -2.28. The molecule has 0 saturated heterocycles. The molecule has 0 saturated carbocycles. The molecule has 0 radical (unpaired) electrons. The average Bonchev–Trinajstić information content (AvgIpc) is 3.10. The van der Waals surface area contributed by atoms with Crippen LogP contribution < -0.4 is 4.90 Å². The highest BCUT2D eigenvalue weighted by Gasteiger charge is 2.14. The van der Waals surface area contributed by atoms with Crippen molar-refractivity contribution in [2.24, 2.45) is 0 Å². The zero-order valence-corrected chi connectivity index (χ0v) is 14.1. The maximum Gasteiger partial charge on any atom is 0.326 e. The SMILES string of the molecule is CN(CC(=O)OCc1nc(-c2ccc(Cl)cc2)no1)c1ncccn1. The molecule has 0 bridgehead atoms. The number of halogens is 1. The molecule has 0 aliphatic carbocycles. The first-order valence-electron chi connectivity index (χ1n) is 7.34. The van der Waals surface area contributed by atoms with Gasteiger partial charge in [-0.3, -0.25) is 4.79 Å². The van der Waals surface area contributed by atoms with E-state index in [1.807, 2.05) is 0 Å². The van der Waals surface area contributed by atoms with E-state index in [0.29, 0.717) is 16.8 Å². The van der Waals surface area contributed by atoms with E-state index in [2.05, 4.69) is 20.1 Å². The van der Waals surface area contributed by atoms with Crippen LogP contribution in [0.25, 0.3) is 11.4 Å². The van der Waals surface area contributed by atoms with Gasteiger partial charge in [0.1, 0.15) is 6.54 Å². The summed E-state index contributed by atoms with van der Waals surface area (Å²) in [5, 5.41) is 4.47. The van der Waals surface area contributed by atoms with Crippen molar-refractivity contribution in [1.82, 2.24) is 20.1 Å². The third-order valence-electron chi connectivity index (χ3n) is 3.19. The van der Waals surface area contributed by atoms with Crippen LogP contribution in [-0.2, 0) is 16.1 Å². The highest BCUT2D eigenvalue weighted by molar-refractivity contribution is 6.30. The summed E-state index contributed by atoms with van der Waals surface area (Å²) in [5.41, 5.74) is 0.756. The van der Waals surface area contributed by atoms with Crippen molar-refractivity contribution in [2.45, 2.75) is 6.61 Å². The van der Waals surface area contributed by atoms with Gasteiger partial charge >= 0.3 is 5.97 Å². The van der Waals surface area contributed by atoms with Gasteiger partial charge in [0.05, 0.1) is 0 Å². The van der Waals surface area contributed by atoms with Crippen molar-refractivity contribution in [3.05, 3.63) is 53.6 Å². The number of benzene rings is 1. The summed E-state index contributed by atoms with van der Waals surface area (Å²) in [4.78, 5) is 25.8. The zero-order chi connectivity index (χ0) is 17.6. The standard InChI is InChI=1S/C16H14ClN5O3/c1-22(16-18-7-2-8-19-16)9-14(23)24-10-13-20-15(21-25-13)11-3-5-12(17)6-4-11/h2-8H,9-10H2,1H3. The smallest absolute Gasteiger partial charge is 0.326 e. The molecule has 0 unspecified atom stereocenters. The van der Waals surface area contributed by atoms with Gasteiger partial charge in [0.25, 0.3) is 5.89 Å². The molecule has 8 nitrogen and oxygen atoms in total. The second-order valence-corrected chi connectivity index (χ2v) is 5.52. The van der Waals surface area contributed by atoms with Crippen LogP contribution in [0.15, 0.2) is 47.2 Å². The zero-order valence-electron chi connectivity index (χ0n) is 13.3. The Balaban J connectivity index is 1.53. The quantitative estimate of drug-likeness (QED) is 0.619. The monoisotopic (exact) mass is 359 g/mol. The van der Waals surface area contributed by atoms with Gasteiger partial charge < -0.3 is 14.2 Å². The number of nitrogens with zero attached hydrogens (tertiary/aromatic N) is 5. The van der Waals surface area contributed by atoms with Gasteiger partial charge in [-0.25, -0.2) is 9.97 Å². The highest BCUT2D eigenvalue weighted by atomic mass is 35.5. The largest absolute Gasteiger partial charge is 0.454 e. The fourth-order valence-corrected chi connectivity index (χ4v) is 2.10. The van der Waals surface area contributed by atoms with Crippen molar-refractivity contribution in [1.29, 1.82) is 0 Å². The summed E-state index contributed by atoms with van der Waals surface area (Å²) < 4.78 is 10.2. The number of aromatic nitrogens is 4. The van der Waals surface area contributed by atoms with Gasteiger partial charge in [0.2, 0.25) is 11.8 Å². The number of hydrogen-bond donors (Lipinski definition) is 0. The molecule has 0 amide bonds. The van der Waals surface area contributed by atoms with Crippen molar-refractivity contribution in [3.8, 4) is 11.4 Å². The Kier molecular flexibility index (Phi) is 5.20. The van der Waals surface area contributed by atoms with Crippen LogP contribution in [0.1, 0.15) is 5.89 Å². The highest BCUT2D eigenvalue weighted by Crippen LogP contribution is 2.18. The molecule has 0 N–H and O–H groups in total. The molecule has 0 fully saturated rings. The first-order chi connectivity index (χ1) is 12.1. The van der Waals surface area contributed by atoms with E-state index < -0.39 is 5.97 Å². The summed E-state index contributed by atoms with van der Waals surface area (Å²) in [7, 11) is 1.70. The van der Waals surface area contributed by atoms with Crippen LogP contribution in [0.4, 0.5) is 5.95 Å². The van der Waals surface area contributed by atoms with Crippen LogP contribution in [0, 0.1) is 0 Å². The van der Waals surface area contributed by atoms with E-state index >= 15 is 0 Å². The summed E-state index contributed by atoms with van der Waals surface area (Å²) in [5.74, 6) is 0.581. The van der Waals surface area contributed by atoms with Crippen molar-refractivity contribution in [2.75, 3.05) is 18.5 Å². The third kappa shape index (κ3) is 4.51. The van der Waals surface area contributed by atoms with Gasteiger partial charge in [0.15, 0.2) is 6.61 Å². The molecular formula is C16H14ClN5O3. The second kappa shape index (κ2) is 7.71. The molecule has 0 atom stereocenters. The number of rotatable bonds is 6. The number of hydrogen-bond acceptors (Lipinski definition) is 8. The van der Waals surface area contributed by atoms with Crippen molar-refractivity contribution < 1.29 is 14.1 Å². The van der Waals surface area contributed by atoms with Crippen LogP contribution in [0.3, 0.4) is 0 Å². The molecular weight excluding hydrogens is 346 g/mol. The van der Waals surface area contributed by atoms with Crippen molar-refractivity contribution in [3.63, 3.8) is 0 Å². The Hall–Kier alpha value is -3.00. The van der Waals surface area contributed by atoms with Crippen LogP contribution in [0.2, 0.25) is 5.02 Å². The number of carbonyl (C=O) groups excluding carboxylic acids is 1. The lowest BCUT2D eigenvalue weighted by Gasteiger charge is -2.14. The van der Waals surface area contributed by atoms with Gasteiger partial charge in [0, 0.05) is 30.0 Å². The molecule has 25 heavy (non-hydrogen) atoms. The number of likely N-dealkylation sites (N-methyl/N-ethyl adjacent to an activating group) is 1. The minimum absolute atomic E-state index is 0.00217. The topological polar surface area (TPSA) is 94.2 Å². The minimum Gasteiger partial charge on any atom is -0.454 e. The summed E-state index contributed by atoms with van der Waals surface area (Å²) >= 11 is 5.84. The Bertz CT molecular complexity index is 838. The molecule has 2 aromatic heterocycles. The molecule has 128 valence electrons. The van der Waals surface area contributed by atoms with Gasteiger partial charge in [-0.05, 0) is 30.3 Å². The van der Waals surface area contributed by atoms with E-state index in [4.69, 9.17) is 20.9 Å². The van der Waals surface area contributed by atoms with E-state index in [1.165, 1.54) is 0 Å². The summed E-state index contributed by atoms with van der Waals surface area (Å²) in [6, 6.07) is 8.71. The van der Waals surface area contributed by atoms with Gasteiger partial charge in [-0.15, -0.1) is 0 Å². The normalized spacial score (nSPS) is 10.5. The molecule has 3 aromatic rings. The van der Waals surface area contributed by atoms with E-state index in [1.54, 1.807) is 54.7 Å². The summed E-state index contributed by atoms with van der Waals surface area (Å²) in [6.45, 7) is -0.106. The van der Waals surface area contributed by atoms with Gasteiger partial charge in [-0.1, -0.05) is 16.8 Å². The minimum atomic E-state index is -0.457. The predicted octanol–water partition coefficient (Wildman–Crippen LogP) is 2.36. The number of ether oxygens (including phenoxy) is 1. The van der Waals surface area contributed by atoms with Gasteiger partial charge in [-0.2, -0.15) is 4.98 Å². The number of esters is 1. The molecule has 9 heteroatoms. The molecule has 1 aromatic carbocycles. The number of carbonyl (C=O) groups is 1. The second-order valence-electron chi connectivity index (χ2n) is 5.08. The molecule has 0 aliphatic heterocycles. The Labute approximate surface area is 148 Å². The first kappa shape index (κ1) is 16.8. The maximum atomic E-state index is 11.9. The lowest BCUT2D eigenvalue weighted by atomic mass is 10.2. The fraction of sp³-hybridized carbons (Fsp3) is 0.188. The number of anilines is 1. The van der Waals surface area contributed by atoms with Crippen LogP contribution >= 0.6 is 11.6 Å². The van der Waals surface area contributed by atoms with Crippen LogP contribution in [0.5, 0.6) is 0 Å². The van der Waals surface area contributed by atoms with E-state index in [9.17, 15) is 4.79 Å². The first-order valence-corrected chi connectivity index (χ1v) is 7.72. The molecule has 0 spiro atoms. The van der Waals surface area contributed by atoms with Crippen LogP contribution in [-0.4, -0.2) is 39.7 Å². The van der Waals surface area contributed by atoms with E-state index in [-0.39, 0.29) is 19.0 Å². The van der Waals surface area contributed by atoms with E-state index in [0.717, 1.165) is 5.56 Å².